The number of hydrogen-bond donors (Lipinski definition) is 3. The van der Waals surface area contributed by atoms with Gasteiger partial charge in [0.05, 0.1) is 21.3 Å². The Bertz CT molecular complexity index is 2020. The molecule has 0 unspecified atom stereocenters. The number of allylic oxidation sites excluding steroid dienone is 1. The Hall–Kier alpha value is -4.29. The Kier molecular flexibility index (Phi) is 12.1. The number of amides is 3. The summed E-state index contributed by atoms with van der Waals surface area (Å²) in [5.41, 5.74) is 2.14. The van der Waals surface area contributed by atoms with E-state index < -0.39 is 43.7 Å². The first-order chi connectivity index (χ1) is 23.4. The number of benzene rings is 3. The summed E-state index contributed by atoms with van der Waals surface area (Å²) in [7, 11) is -7.81. The van der Waals surface area contributed by atoms with Gasteiger partial charge in [0, 0.05) is 18.8 Å². The van der Waals surface area contributed by atoms with Crippen molar-refractivity contribution in [3.8, 4) is 11.1 Å². The highest BCUT2D eigenvalue weighted by molar-refractivity contribution is 8.26. The van der Waals surface area contributed by atoms with Gasteiger partial charge in [-0.2, -0.15) is 4.90 Å². The Morgan fingerprint density at radius 1 is 0.840 bits per heavy atom. The number of imide groups is 1. The Balaban J connectivity index is 1.37. The van der Waals surface area contributed by atoms with Gasteiger partial charge < -0.3 is 14.8 Å². The van der Waals surface area contributed by atoms with Crippen LogP contribution in [0.15, 0.2) is 87.5 Å². The maximum atomic E-state index is 13.1. The van der Waals surface area contributed by atoms with E-state index in [9.17, 15) is 31.2 Å². The molecule has 3 aromatic carbocycles. The van der Waals surface area contributed by atoms with Gasteiger partial charge in [0.2, 0.25) is 10.0 Å². The molecular weight excluding hydrogens is 725 g/mol. The van der Waals surface area contributed by atoms with Crippen molar-refractivity contribution in [3.63, 3.8) is 0 Å². The number of carbonyl (C=O) groups is 3. The summed E-state index contributed by atoms with van der Waals surface area (Å²) in [5, 5.41) is 2.48. The number of carbonyl (C=O) groups excluding carboxylic acids is 3. The van der Waals surface area contributed by atoms with Crippen LogP contribution in [0.4, 0.5) is 15.3 Å². The maximum absolute atomic E-state index is 13.1. The number of ether oxygens (including phenoxy) is 2. The van der Waals surface area contributed by atoms with E-state index in [1.165, 1.54) is 24.3 Å². The number of thioether (sulfide) groups is 1. The number of nitrogens with zero attached hydrogens (tertiary/aromatic N) is 1. The summed E-state index contributed by atoms with van der Waals surface area (Å²) < 4.78 is 66.7. The highest BCUT2D eigenvalue weighted by Gasteiger charge is 2.39. The van der Waals surface area contributed by atoms with Crippen LogP contribution in [0.25, 0.3) is 16.7 Å². The molecule has 3 aromatic rings. The molecule has 0 aliphatic carbocycles. The van der Waals surface area contributed by atoms with E-state index in [-0.39, 0.29) is 44.4 Å². The molecule has 1 fully saturated rings. The molecule has 0 saturated carbocycles. The Morgan fingerprint density at radius 3 is 1.90 bits per heavy atom. The number of hydrogen-bond acceptors (Lipinski definition) is 11. The van der Waals surface area contributed by atoms with Gasteiger partial charge in [-0.3, -0.25) is 9.52 Å². The summed E-state index contributed by atoms with van der Waals surface area (Å²) in [4.78, 5) is 37.8. The normalized spacial score (nSPS) is 14.7. The summed E-state index contributed by atoms with van der Waals surface area (Å²) in [6.07, 6.45) is -1.49. The van der Waals surface area contributed by atoms with Crippen molar-refractivity contribution in [1.82, 2.24) is 14.9 Å². The first-order valence-corrected chi connectivity index (χ1v) is 19.3. The van der Waals surface area contributed by atoms with Crippen LogP contribution < -0.4 is 14.8 Å². The molecule has 1 aliphatic rings. The van der Waals surface area contributed by atoms with Crippen molar-refractivity contribution in [1.29, 1.82) is 0 Å². The first kappa shape index (κ1) is 38.5. The topological polar surface area (TPSA) is 177 Å². The third kappa shape index (κ3) is 9.69. The lowest BCUT2D eigenvalue weighted by molar-refractivity contribution is -0.121. The minimum absolute atomic E-state index is 0.00698. The number of nitrogens with one attached hydrogen (secondary N) is 3. The molecule has 266 valence electrons. The van der Waals surface area contributed by atoms with Gasteiger partial charge in [0.15, 0.2) is 4.32 Å². The van der Waals surface area contributed by atoms with Gasteiger partial charge in [0.25, 0.3) is 15.9 Å². The van der Waals surface area contributed by atoms with E-state index in [0.717, 1.165) is 16.7 Å². The highest BCUT2D eigenvalue weighted by atomic mass is 32.2. The summed E-state index contributed by atoms with van der Waals surface area (Å²) >= 11 is 6.17. The third-order valence-electron chi connectivity index (χ3n) is 6.88. The third-order valence-corrected chi connectivity index (χ3v) is 11.2. The zero-order valence-electron chi connectivity index (χ0n) is 27.8. The molecule has 13 nitrogen and oxygen atoms in total. The molecular formula is C33H36N4O9S4. The highest BCUT2D eigenvalue weighted by Crippen LogP contribution is 2.37. The van der Waals surface area contributed by atoms with E-state index in [0.29, 0.717) is 22.3 Å². The van der Waals surface area contributed by atoms with Gasteiger partial charge in [-0.05, 0) is 93.3 Å². The summed E-state index contributed by atoms with van der Waals surface area (Å²) in [6.45, 7) is 8.59. The number of sulfonamides is 2. The second kappa shape index (κ2) is 15.7. The fourth-order valence-corrected chi connectivity index (χ4v) is 7.85. The number of alkyl carbamates (subject to hydrolysis) is 1. The van der Waals surface area contributed by atoms with E-state index in [4.69, 9.17) is 21.7 Å². The van der Waals surface area contributed by atoms with Gasteiger partial charge in [-0.1, -0.05) is 60.4 Å². The van der Waals surface area contributed by atoms with E-state index >= 15 is 0 Å². The number of thiocarbonyl (C=S) groups is 1. The number of anilines is 1. The average molecular weight is 761 g/mol. The molecule has 0 radical (unpaired) electrons. The second-order valence-corrected chi connectivity index (χ2v) is 16.8. The minimum Gasteiger partial charge on any atom is -0.449 e. The monoisotopic (exact) mass is 760 g/mol. The average Bonchev–Trinajstić information content (AvgIpc) is 3.35. The molecule has 0 bridgehead atoms. The lowest BCUT2D eigenvalue weighted by Crippen LogP contribution is -2.37. The zero-order valence-corrected chi connectivity index (χ0v) is 31.1. The Labute approximate surface area is 300 Å². The van der Waals surface area contributed by atoms with Gasteiger partial charge in [-0.25, -0.2) is 31.1 Å². The van der Waals surface area contributed by atoms with Crippen LogP contribution in [0.3, 0.4) is 0 Å². The predicted octanol–water partition coefficient (Wildman–Crippen LogP) is 5.71. The van der Waals surface area contributed by atoms with Crippen LogP contribution in [-0.2, 0) is 34.3 Å². The van der Waals surface area contributed by atoms with Crippen molar-refractivity contribution in [3.05, 3.63) is 83.3 Å². The Morgan fingerprint density at radius 2 is 1.38 bits per heavy atom. The molecule has 0 atom stereocenters. The van der Waals surface area contributed by atoms with Gasteiger partial charge in [-0.15, -0.1) is 0 Å². The molecule has 1 aliphatic heterocycles. The van der Waals surface area contributed by atoms with Crippen molar-refractivity contribution >= 4 is 77.7 Å². The molecule has 17 heteroatoms. The quantitative estimate of drug-likeness (QED) is 0.124. The standard InChI is InChI=1S/C33H36N4O9S4/c1-6-45-31(40)37-29(38)28(48-32(37)47)21(2)22-7-13-25(14-8-22)36-50(43,44)27-17-11-24(12-18-27)23-9-15-26(16-10-23)49(41,42)35-20-19-34-30(39)46-33(3,4)5/h7-18,35-36H,6,19-20H2,1-5H3,(H,34,39)/b28-21-. The molecule has 50 heavy (non-hydrogen) atoms. The van der Waals surface area contributed by atoms with Gasteiger partial charge >= 0.3 is 12.2 Å². The van der Waals surface area contributed by atoms with Crippen LogP contribution in [0.5, 0.6) is 0 Å². The van der Waals surface area contributed by atoms with E-state index in [1.807, 2.05) is 0 Å². The van der Waals surface area contributed by atoms with Crippen molar-refractivity contribution < 1.29 is 40.7 Å². The summed E-state index contributed by atoms with van der Waals surface area (Å²) in [6, 6.07) is 18.6. The van der Waals surface area contributed by atoms with Crippen molar-refractivity contribution in [2.75, 3.05) is 24.4 Å². The molecule has 4 rings (SSSR count). The van der Waals surface area contributed by atoms with Crippen molar-refractivity contribution in [2.24, 2.45) is 0 Å². The largest absolute Gasteiger partial charge is 0.449 e. The minimum atomic E-state index is -3.97. The maximum Gasteiger partial charge on any atom is 0.422 e. The van der Waals surface area contributed by atoms with Gasteiger partial charge in [0.1, 0.15) is 5.60 Å². The predicted molar refractivity (Wildman–Crippen MR) is 195 cm³/mol. The molecule has 0 spiro atoms. The molecule has 3 N–H and O–H groups in total. The first-order valence-electron chi connectivity index (χ1n) is 15.2. The van der Waals surface area contributed by atoms with Crippen LogP contribution in [0.2, 0.25) is 0 Å². The van der Waals surface area contributed by atoms with E-state index in [1.54, 1.807) is 83.1 Å². The molecule has 1 saturated heterocycles. The lowest BCUT2D eigenvalue weighted by atomic mass is 10.1. The second-order valence-electron chi connectivity index (χ2n) is 11.7. The fraction of sp³-hybridized carbons (Fsp3) is 0.273. The SMILES string of the molecule is CCOC(=O)N1C(=O)/C(=C(\C)c2ccc(NS(=O)(=O)c3ccc(-c4ccc(S(=O)(=O)NCCNC(=O)OC(C)(C)C)cc4)cc3)cc2)SC1=S. The van der Waals surface area contributed by atoms with Crippen molar-refractivity contribution in [2.45, 2.75) is 50.0 Å². The van der Waals surface area contributed by atoms with Crippen LogP contribution in [-0.4, -0.2) is 69.4 Å². The fourth-order valence-electron chi connectivity index (χ4n) is 4.48. The summed E-state index contributed by atoms with van der Waals surface area (Å²) in [5.74, 6) is -0.580. The molecule has 1 heterocycles. The van der Waals surface area contributed by atoms with Crippen LogP contribution >= 0.6 is 24.0 Å². The number of rotatable bonds is 11. The zero-order chi connectivity index (χ0) is 36.9. The van der Waals surface area contributed by atoms with E-state index in [2.05, 4.69) is 14.8 Å². The molecule has 0 aromatic heterocycles. The van der Waals surface area contributed by atoms with Crippen LogP contribution in [0.1, 0.15) is 40.2 Å². The smallest absolute Gasteiger partial charge is 0.422 e. The lowest BCUT2D eigenvalue weighted by Gasteiger charge is -2.19. The van der Waals surface area contributed by atoms with Crippen LogP contribution in [0, 0.1) is 0 Å². The molecule has 3 amide bonds.